The summed E-state index contributed by atoms with van der Waals surface area (Å²) >= 11 is 0. The number of hydrogen-bond acceptors (Lipinski definition) is 3. The van der Waals surface area contributed by atoms with Crippen LogP contribution >= 0.6 is 0 Å². The molecular formula is C14H21FN2O2. The van der Waals surface area contributed by atoms with Gasteiger partial charge in [0.15, 0.2) is 0 Å². The van der Waals surface area contributed by atoms with E-state index >= 15 is 0 Å². The second kappa shape index (κ2) is 7.86. The van der Waals surface area contributed by atoms with Gasteiger partial charge in [0.05, 0.1) is 12.6 Å². The van der Waals surface area contributed by atoms with E-state index in [0.717, 1.165) is 0 Å². The lowest BCUT2D eigenvalue weighted by Crippen LogP contribution is -2.37. The molecule has 0 spiro atoms. The van der Waals surface area contributed by atoms with Crippen LogP contribution < -0.4 is 10.6 Å². The molecule has 4 nitrogen and oxygen atoms in total. The van der Waals surface area contributed by atoms with E-state index in [0.29, 0.717) is 12.5 Å². The van der Waals surface area contributed by atoms with Crippen molar-refractivity contribution < 1.29 is 14.3 Å². The highest BCUT2D eigenvalue weighted by molar-refractivity contribution is 5.77. The van der Waals surface area contributed by atoms with Crippen LogP contribution in [0.15, 0.2) is 24.3 Å². The summed E-state index contributed by atoms with van der Waals surface area (Å²) in [6, 6.07) is 6.06. The topological polar surface area (TPSA) is 61.4 Å². The Bertz CT molecular complexity index is 410. The van der Waals surface area contributed by atoms with E-state index in [4.69, 9.17) is 0 Å². The molecule has 1 aromatic carbocycles. The molecule has 0 aliphatic carbocycles. The van der Waals surface area contributed by atoms with E-state index in [9.17, 15) is 14.3 Å². The molecule has 0 saturated carbocycles. The Morgan fingerprint density at radius 3 is 2.63 bits per heavy atom. The molecule has 0 bridgehead atoms. The van der Waals surface area contributed by atoms with Gasteiger partial charge in [0.25, 0.3) is 0 Å². The van der Waals surface area contributed by atoms with Crippen LogP contribution in [0.5, 0.6) is 0 Å². The summed E-state index contributed by atoms with van der Waals surface area (Å²) in [5.41, 5.74) is 0.234. The number of hydrogen-bond donors (Lipinski definition) is 3. The summed E-state index contributed by atoms with van der Waals surface area (Å²) in [4.78, 5) is 11.4. The summed E-state index contributed by atoms with van der Waals surface area (Å²) in [6.45, 7) is 4.88. The molecule has 3 N–H and O–H groups in total. The number of carbonyl (C=O) groups excluding carboxylic acids is 1. The minimum absolute atomic E-state index is 0.109. The molecule has 0 aromatic heterocycles. The maximum Gasteiger partial charge on any atom is 0.233 e. The third-order valence-corrected chi connectivity index (χ3v) is 2.59. The van der Waals surface area contributed by atoms with Gasteiger partial charge >= 0.3 is 0 Å². The van der Waals surface area contributed by atoms with E-state index in [1.165, 1.54) is 12.1 Å². The van der Waals surface area contributed by atoms with E-state index in [1.54, 1.807) is 12.1 Å². The summed E-state index contributed by atoms with van der Waals surface area (Å²) in [5, 5.41) is 15.4. The molecule has 106 valence electrons. The van der Waals surface area contributed by atoms with Gasteiger partial charge in [-0.1, -0.05) is 32.0 Å². The Labute approximate surface area is 113 Å². The second-order valence-corrected chi connectivity index (χ2v) is 4.87. The first-order valence-electron chi connectivity index (χ1n) is 6.40. The van der Waals surface area contributed by atoms with Gasteiger partial charge in [-0.05, 0) is 12.0 Å². The average molecular weight is 268 g/mol. The highest BCUT2D eigenvalue weighted by Crippen LogP contribution is 2.15. The minimum Gasteiger partial charge on any atom is -0.387 e. The van der Waals surface area contributed by atoms with Gasteiger partial charge in [0.2, 0.25) is 5.91 Å². The number of amides is 1. The van der Waals surface area contributed by atoms with Crippen molar-refractivity contribution in [3.05, 3.63) is 35.6 Å². The van der Waals surface area contributed by atoms with Crippen molar-refractivity contribution in [3.8, 4) is 0 Å². The quantitative estimate of drug-likeness (QED) is 0.697. The van der Waals surface area contributed by atoms with Crippen LogP contribution in [0.3, 0.4) is 0 Å². The molecule has 1 unspecified atom stereocenters. The van der Waals surface area contributed by atoms with Gasteiger partial charge in [-0.15, -0.1) is 0 Å². The standard InChI is InChI=1S/C14H21FN2O2/c1-10(2)7-17-14(19)9-16-8-13(18)11-5-3-4-6-12(11)15/h3-6,10,13,16,18H,7-9H2,1-2H3,(H,17,19). The maximum atomic E-state index is 13.4. The molecule has 0 fully saturated rings. The van der Waals surface area contributed by atoms with E-state index < -0.39 is 11.9 Å². The third kappa shape index (κ3) is 5.81. The van der Waals surface area contributed by atoms with Gasteiger partial charge in [-0.25, -0.2) is 4.39 Å². The fourth-order valence-electron chi connectivity index (χ4n) is 1.56. The molecule has 1 aromatic rings. The van der Waals surface area contributed by atoms with Crippen molar-refractivity contribution in [2.45, 2.75) is 20.0 Å². The number of aliphatic hydroxyl groups excluding tert-OH is 1. The summed E-state index contributed by atoms with van der Waals surface area (Å²) in [7, 11) is 0. The molecular weight excluding hydrogens is 247 g/mol. The van der Waals surface area contributed by atoms with Crippen LogP contribution in [0.4, 0.5) is 4.39 Å². The number of benzene rings is 1. The monoisotopic (exact) mass is 268 g/mol. The zero-order valence-corrected chi connectivity index (χ0v) is 11.3. The van der Waals surface area contributed by atoms with Crippen LogP contribution in [0.25, 0.3) is 0 Å². The second-order valence-electron chi connectivity index (χ2n) is 4.87. The van der Waals surface area contributed by atoms with Crippen molar-refractivity contribution in [2.75, 3.05) is 19.6 Å². The normalized spacial score (nSPS) is 12.5. The number of aliphatic hydroxyl groups is 1. The van der Waals surface area contributed by atoms with Crippen molar-refractivity contribution in [2.24, 2.45) is 5.92 Å². The Morgan fingerprint density at radius 2 is 2.00 bits per heavy atom. The van der Waals surface area contributed by atoms with Crippen LogP contribution in [-0.4, -0.2) is 30.6 Å². The Balaban J connectivity index is 2.29. The molecule has 0 radical (unpaired) electrons. The van der Waals surface area contributed by atoms with Crippen molar-refractivity contribution in [1.82, 2.24) is 10.6 Å². The predicted octanol–water partition coefficient (Wildman–Crippen LogP) is 1.22. The Morgan fingerprint density at radius 1 is 1.32 bits per heavy atom. The number of nitrogens with one attached hydrogen (secondary N) is 2. The minimum atomic E-state index is -0.959. The molecule has 1 rings (SSSR count). The van der Waals surface area contributed by atoms with E-state index in [-0.39, 0.29) is 24.6 Å². The molecule has 0 aliphatic rings. The lowest BCUT2D eigenvalue weighted by Gasteiger charge is -2.13. The van der Waals surface area contributed by atoms with Crippen LogP contribution in [-0.2, 0) is 4.79 Å². The number of carbonyl (C=O) groups is 1. The smallest absolute Gasteiger partial charge is 0.233 e. The first kappa shape index (κ1) is 15.6. The van der Waals surface area contributed by atoms with Gasteiger partial charge < -0.3 is 15.7 Å². The zero-order chi connectivity index (χ0) is 14.3. The molecule has 1 atom stereocenters. The lowest BCUT2D eigenvalue weighted by molar-refractivity contribution is -0.120. The molecule has 0 aliphatic heterocycles. The highest BCUT2D eigenvalue weighted by Gasteiger charge is 2.12. The summed E-state index contributed by atoms with van der Waals surface area (Å²) < 4.78 is 13.4. The lowest BCUT2D eigenvalue weighted by atomic mass is 10.1. The molecule has 1 amide bonds. The third-order valence-electron chi connectivity index (χ3n) is 2.59. The first-order chi connectivity index (χ1) is 9.00. The Hall–Kier alpha value is -1.46. The van der Waals surface area contributed by atoms with Crippen LogP contribution in [0, 0.1) is 11.7 Å². The highest BCUT2D eigenvalue weighted by atomic mass is 19.1. The van der Waals surface area contributed by atoms with Crippen molar-refractivity contribution >= 4 is 5.91 Å². The number of rotatable bonds is 7. The summed E-state index contributed by atoms with van der Waals surface area (Å²) in [6.07, 6.45) is -0.959. The van der Waals surface area contributed by atoms with Gasteiger partial charge in [-0.3, -0.25) is 4.79 Å². The molecule has 0 heterocycles. The van der Waals surface area contributed by atoms with Gasteiger partial charge in [-0.2, -0.15) is 0 Å². The van der Waals surface area contributed by atoms with E-state index in [1.807, 2.05) is 13.8 Å². The molecule has 5 heteroatoms. The Kier molecular flexibility index (Phi) is 6.45. The maximum absolute atomic E-state index is 13.4. The first-order valence-corrected chi connectivity index (χ1v) is 6.40. The van der Waals surface area contributed by atoms with Gasteiger partial charge in [0, 0.05) is 18.7 Å². The van der Waals surface area contributed by atoms with E-state index in [2.05, 4.69) is 10.6 Å². The fourth-order valence-corrected chi connectivity index (χ4v) is 1.56. The fraction of sp³-hybridized carbons (Fsp3) is 0.500. The van der Waals surface area contributed by atoms with Gasteiger partial charge in [0.1, 0.15) is 5.82 Å². The molecule has 0 saturated heterocycles. The zero-order valence-electron chi connectivity index (χ0n) is 11.3. The molecule has 19 heavy (non-hydrogen) atoms. The number of halogens is 1. The predicted molar refractivity (Wildman–Crippen MR) is 72.1 cm³/mol. The average Bonchev–Trinajstić information content (AvgIpc) is 2.36. The largest absolute Gasteiger partial charge is 0.387 e. The van der Waals surface area contributed by atoms with Crippen molar-refractivity contribution in [1.29, 1.82) is 0 Å². The van der Waals surface area contributed by atoms with Crippen molar-refractivity contribution in [3.63, 3.8) is 0 Å². The van der Waals surface area contributed by atoms with Crippen LogP contribution in [0.1, 0.15) is 25.5 Å². The van der Waals surface area contributed by atoms with Crippen LogP contribution in [0.2, 0.25) is 0 Å². The summed E-state index contributed by atoms with van der Waals surface area (Å²) in [5.74, 6) is -0.177. The SMILES string of the molecule is CC(C)CNC(=O)CNCC(O)c1ccccc1F.